The van der Waals surface area contributed by atoms with Gasteiger partial charge in [-0.25, -0.2) is 4.68 Å². The molecule has 3 aromatic rings. The van der Waals surface area contributed by atoms with Crippen LogP contribution in [0.25, 0.3) is 0 Å². The number of nitrogens with zero attached hydrogens (tertiary/aromatic N) is 5. The first-order valence-electron chi connectivity index (χ1n) is 7.77. The van der Waals surface area contributed by atoms with Crippen molar-refractivity contribution in [3.05, 3.63) is 63.6 Å². The van der Waals surface area contributed by atoms with Crippen LogP contribution >= 0.6 is 11.3 Å². The molecule has 0 N–H and O–H groups in total. The summed E-state index contributed by atoms with van der Waals surface area (Å²) in [6, 6.07) is 9.99. The van der Waals surface area contributed by atoms with E-state index in [0.29, 0.717) is 6.54 Å². The zero-order chi connectivity index (χ0) is 16.7. The lowest BCUT2D eigenvalue weighted by Crippen LogP contribution is -2.55. The Labute approximate surface area is 143 Å². The molecule has 1 amide bonds. The molecule has 0 saturated carbocycles. The molecule has 4 rings (SSSR count). The van der Waals surface area contributed by atoms with Gasteiger partial charge >= 0.3 is 0 Å². The number of hydrogen-bond donors (Lipinski definition) is 0. The van der Waals surface area contributed by atoms with Crippen molar-refractivity contribution < 1.29 is 4.79 Å². The fraction of sp³-hybridized carbons (Fsp3) is 0.294. The van der Waals surface area contributed by atoms with E-state index in [1.807, 2.05) is 16.3 Å². The van der Waals surface area contributed by atoms with Crippen molar-refractivity contribution in [3.63, 3.8) is 0 Å². The summed E-state index contributed by atoms with van der Waals surface area (Å²) in [6.07, 6.45) is 1.51. The van der Waals surface area contributed by atoms with Crippen molar-refractivity contribution in [1.82, 2.24) is 25.1 Å². The van der Waals surface area contributed by atoms with Gasteiger partial charge in [0.05, 0.1) is 12.6 Å². The summed E-state index contributed by atoms with van der Waals surface area (Å²) in [5, 5.41) is 13.3. The summed E-state index contributed by atoms with van der Waals surface area (Å²) >= 11 is 1.66. The normalized spacial score (nSPS) is 20.2. The van der Waals surface area contributed by atoms with E-state index in [2.05, 4.69) is 53.6 Å². The standard InChI is InChI=1S/C17H17N5OS/c1-11-5-6-13(8-12(11)2)15-16(22-10-18-19-20-22)17(23)21(15)9-14-4-3-7-24-14/h3-8,10,15-16H,9H2,1-2H3/t15-,16+/m0/s1. The third-order valence-electron chi connectivity index (χ3n) is 4.60. The number of β-lactam (4-membered cyclic amide) rings is 1. The summed E-state index contributed by atoms with van der Waals surface area (Å²) < 4.78 is 1.56. The van der Waals surface area contributed by atoms with E-state index in [0.717, 1.165) is 5.56 Å². The highest BCUT2D eigenvalue weighted by Crippen LogP contribution is 2.44. The van der Waals surface area contributed by atoms with Gasteiger partial charge in [-0.05, 0) is 52.4 Å². The highest BCUT2D eigenvalue weighted by molar-refractivity contribution is 7.09. The van der Waals surface area contributed by atoms with E-state index in [4.69, 9.17) is 0 Å². The van der Waals surface area contributed by atoms with E-state index in [1.165, 1.54) is 22.3 Å². The van der Waals surface area contributed by atoms with Crippen molar-refractivity contribution in [2.45, 2.75) is 32.5 Å². The maximum atomic E-state index is 12.7. The van der Waals surface area contributed by atoms with Gasteiger partial charge in [0.1, 0.15) is 6.33 Å². The Morgan fingerprint density at radius 3 is 2.71 bits per heavy atom. The fourth-order valence-electron chi connectivity index (χ4n) is 3.14. The van der Waals surface area contributed by atoms with E-state index < -0.39 is 0 Å². The Balaban J connectivity index is 1.71. The minimum Gasteiger partial charge on any atom is -0.326 e. The molecule has 1 fully saturated rings. The van der Waals surface area contributed by atoms with Crippen LogP contribution in [0.5, 0.6) is 0 Å². The first-order valence-corrected chi connectivity index (χ1v) is 8.65. The molecule has 1 aromatic carbocycles. The minimum atomic E-state index is -0.373. The Morgan fingerprint density at radius 1 is 1.17 bits per heavy atom. The lowest BCUT2D eigenvalue weighted by Gasteiger charge is -2.46. The molecule has 3 heterocycles. The molecule has 1 aliphatic rings. The summed E-state index contributed by atoms with van der Waals surface area (Å²) in [5.74, 6) is 0.0546. The lowest BCUT2D eigenvalue weighted by molar-refractivity contribution is -0.157. The van der Waals surface area contributed by atoms with E-state index >= 15 is 0 Å². The van der Waals surface area contributed by atoms with Gasteiger partial charge in [-0.15, -0.1) is 16.4 Å². The first kappa shape index (κ1) is 15.0. The average Bonchev–Trinajstić information content (AvgIpc) is 3.26. The second kappa shape index (κ2) is 5.83. The van der Waals surface area contributed by atoms with Crippen LogP contribution in [0.3, 0.4) is 0 Å². The summed E-state index contributed by atoms with van der Waals surface area (Å²) in [6.45, 7) is 4.80. The molecular formula is C17H17N5OS. The number of tetrazole rings is 1. The van der Waals surface area contributed by atoms with E-state index in [-0.39, 0.29) is 18.0 Å². The highest BCUT2D eigenvalue weighted by atomic mass is 32.1. The molecule has 2 atom stereocenters. The number of benzene rings is 1. The van der Waals surface area contributed by atoms with Gasteiger partial charge in [0.2, 0.25) is 0 Å². The van der Waals surface area contributed by atoms with E-state index in [1.54, 1.807) is 16.0 Å². The highest BCUT2D eigenvalue weighted by Gasteiger charge is 2.50. The molecule has 7 heteroatoms. The number of carbonyl (C=O) groups excluding carboxylic acids is 1. The van der Waals surface area contributed by atoms with Crippen molar-refractivity contribution >= 4 is 17.2 Å². The average molecular weight is 339 g/mol. The molecule has 0 aliphatic carbocycles. The zero-order valence-corrected chi connectivity index (χ0v) is 14.3. The molecule has 2 aromatic heterocycles. The van der Waals surface area contributed by atoms with Crippen molar-refractivity contribution in [2.75, 3.05) is 0 Å². The molecule has 122 valence electrons. The van der Waals surface area contributed by atoms with Gasteiger partial charge in [-0.2, -0.15) is 0 Å². The molecule has 0 spiro atoms. The number of aromatic nitrogens is 4. The number of thiophene rings is 1. The number of hydrogen-bond acceptors (Lipinski definition) is 5. The third kappa shape index (κ3) is 2.41. The maximum Gasteiger partial charge on any atom is 0.251 e. The quantitative estimate of drug-likeness (QED) is 0.686. The molecule has 0 bridgehead atoms. The largest absolute Gasteiger partial charge is 0.326 e. The van der Waals surface area contributed by atoms with Gasteiger partial charge in [0.25, 0.3) is 5.91 Å². The van der Waals surface area contributed by atoms with Gasteiger partial charge in [-0.1, -0.05) is 24.3 Å². The Hall–Kier alpha value is -2.54. The van der Waals surface area contributed by atoms with Crippen LogP contribution in [0.1, 0.15) is 33.7 Å². The summed E-state index contributed by atoms with van der Waals surface area (Å²) in [4.78, 5) is 15.8. The monoisotopic (exact) mass is 339 g/mol. The second-order valence-electron chi connectivity index (χ2n) is 6.07. The van der Waals surface area contributed by atoms with Crippen LogP contribution in [0.4, 0.5) is 0 Å². The number of rotatable bonds is 4. The SMILES string of the molecule is Cc1ccc([C@H]2[C@@H](n3cnnn3)C(=O)N2Cc2cccs2)cc1C. The number of likely N-dealkylation sites (tertiary alicyclic amines) is 1. The molecule has 1 saturated heterocycles. The van der Waals surface area contributed by atoms with Crippen molar-refractivity contribution in [2.24, 2.45) is 0 Å². The molecule has 0 unspecified atom stereocenters. The van der Waals surface area contributed by atoms with Gasteiger partial charge in [0.15, 0.2) is 6.04 Å². The second-order valence-corrected chi connectivity index (χ2v) is 7.10. The van der Waals surface area contributed by atoms with E-state index in [9.17, 15) is 4.79 Å². The van der Waals surface area contributed by atoms with Crippen LogP contribution in [0.2, 0.25) is 0 Å². The van der Waals surface area contributed by atoms with Crippen molar-refractivity contribution in [1.29, 1.82) is 0 Å². The Bertz CT molecular complexity index is 859. The molecule has 24 heavy (non-hydrogen) atoms. The predicted octanol–water partition coefficient (Wildman–Crippen LogP) is 2.68. The zero-order valence-electron chi connectivity index (χ0n) is 13.5. The topological polar surface area (TPSA) is 63.9 Å². The Morgan fingerprint density at radius 2 is 2.04 bits per heavy atom. The van der Waals surface area contributed by atoms with Crippen LogP contribution in [-0.4, -0.2) is 31.0 Å². The van der Waals surface area contributed by atoms with Crippen LogP contribution in [-0.2, 0) is 11.3 Å². The first-order chi connectivity index (χ1) is 11.6. The molecular weight excluding hydrogens is 322 g/mol. The molecule has 0 radical (unpaired) electrons. The number of carbonyl (C=O) groups is 1. The van der Waals surface area contributed by atoms with Crippen LogP contribution in [0.15, 0.2) is 42.0 Å². The summed E-state index contributed by atoms with van der Waals surface area (Å²) in [7, 11) is 0. The van der Waals surface area contributed by atoms with Gasteiger partial charge < -0.3 is 4.90 Å². The molecule has 6 nitrogen and oxygen atoms in total. The molecule has 1 aliphatic heterocycles. The van der Waals surface area contributed by atoms with Crippen LogP contribution < -0.4 is 0 Å². The van der Waals surface area contributed by atoms with Gasteiger partial charge in [-0.3, -0.25) is 4.79 Å². The fourth-order valence-corrected chi connectivity index (χ4v) is 3.84. The van der Waals surface area contributed by atoms with Crippen molar-refractivity contribution in [3.8, 4) is 0 Å². The van der Waals surface area contributed by atoms with Gasteiger partial charge in [0, 0.05) is 4.88 Å². The third-order valence-corrected chi connectivity index (χ3v) is 5.46. The lowest BCUT2D eigenvalue weighted by atomic mass is 9.87. The maximum absolute atomic E-state index is 12.7. The smallest absolute Gasteiger partial charge is 0.251 e. The number of aryl methyl sites for hydroxylation is 2. The summed E-state index contributed by atoms with van der Waals surface area (Å²) in [5.41, 5.74) is 3.58. The predicted molar refractivity (Wildman–Crippen MR) is 90.4 cm³/mol. The van der Waals surface area contributed by atoms with Crippen LogP contribution in [0, 0.1) is 13.8 Å². The minimum absolute atomic E-state index is 0.0533. The Kier molecular flexibility index (Phi) is 3.65. The number of amides is 1.